The Kier molecular flexibility index (Phi) is 5.35. The number of hydrazine groups is 1. The van der Waals surface area contributed by atoms with Gasteiger partial charge in [0, 0.05) is 5.70 Å². The molecule has 0 aliphatic carbocycles. The summed E-state index contributed by atoms with van der Waals surface area (Å²) in [7, 11) is 0. The lowest BCUT2D eigenvalue weighted by Gasteiger charge is -2.29. The van der Waals surface area contributed by atoms with Crippen LogP contribution in [-0.4, -0.2) is 32.6 Å². The van der Waals surface area contributed by atoms with Crippen molar-refractivity contribution in [2.24, 2.45) is 0 Å². The quantitative estimate of drug-likeness (QED) is 0.589. The minimum Gasteiger partial charge on any atom is -0.478 e. The molecule has 0 radical (unpaired) electrons. The van der Waals surface area contributed by atoms with Crippen molar-refractivity contribution >= 4 is 5.97 Å². The van der Waals surface area contributed by atoms with E-state index < -0.39 is 17.9 Å². The minimum atomic E-state index is -4.79. The van der Waals surface area contributed by atoms with E-state index in [1.165, 1.54) is 42.7 Å². The van der Waals surface area contributed by atoms with Gasteiger partial charge in [0.05, 0.1) is 12.1 Å². The first-order valence-corrected chi connectivity index (χ1v) is 9.37. The van der Waals surface area contributed by atoms with E-state index in [1.54, 1.807) is 17.1 Å². The van der Waals surface area contributed by atoms with Crippen LogP contribution in [0.4, 0.5) is 13.2 Å². The third kappa shape index (κ3) is 4.28. The Morgan fingerprint density at radius 1 is 1.19 bits per heavy atom. The lowest BCUT2D eigenvalue weighted by molar-refractivity contribution is -0.274. The fourth-order valence-corrected chi connectivity index (χ4v) is 3.47. The lowest BCUT2D eigenvalue weighted by atomic mass is 9.90. The Hall–Kier alpha value is -3.86. The second-order valence-corrected chi connectivity index (χ2v) is 7.11. The van der Waals surface area contributed by atoms with E-state index in [1.807, 2.05) is 13.0 Å². The SMILES string of the molecule is CC1=CC(c2ccc(OC(F)(F)F)cc2)(c2ncno2)NN1Cc1ccc(C(=O)O)cc1. The molecule has 32 heavy (non-hydrogen) atoms. The number of carboxylic acids is 1. The molecule has 0 amide bonds. The van der Waals surface area contributed by atoms with Crippen LogP contribution in [0.25, 0.3) is 0 Å². The number of halogens is 3. The summed E-state index contributed by atoms with van der Waals surface area (Å²) < 4.78 is 46.8. The first-order valence-electron chi connectivity index (χ1n) is 9.37. The molecule has 2 aromatic carbocycles. The van der Waals surface area contributed by atoms with E-state index in [0.717, 1.165) is 11.3 Å². The molecule has 1 atom stereocenters. The highest BCUT2D eigenvalue weighted by Gasteiger charge is 2.44. The number of alkyl halides is 3. The predicted molar refractivity (Wildman–Crippen MR) is 104 cm³/mol. The number of carboxylic acid groups (broad SMARTS) is 1. The molecule has 0 saturated carbocycles. The molecule has 1 unspecified atom stereocenters. The maximum absolute atomic E-state index is 12.5. The summed E-state index contributed by atoms with van der Waals surface area (Å²) in [6.07, 6.45) is -1.73. The molecule has 166 valence electrons. The summed E-state index contributed by atoms with van der Waals surface area (Å²) in [6.45, 7) is 2.23. The number of allylic oxidation sites excluding steroid dienone is 1. The Labute approximate surface area is 179 Å². The van der Waals surface area contributed by atoms with Gasteiger partial charge in [0.1, 0.15) is 5.75 Å². The fourth-order valence-electron chi connectivity index (χ4n) is 3.47. The average molecular weight is 446 g/mol. The van der Waals surface area contributed by atoms with Gasteiger partial charge in [-0.25, -0.2) is 10.2 Å². The molecule has 1 aliphatic rings. The van der Waals surface area contributed by atoms with Gasteiger partial charge in [0.25, 0.3) is 5.89 Å². The van der Waals surface area contributed by atoms with Crippen molar-refractivity contribution in [3.63, 3.8) is 0 Å². The number of carbonyl (C=O) groups is 1. The number of benzene rings is 2. The van der Waals surface area contributed by atoms with Gasteiger partial charge in [-0.1, -0.05) is 29.4 Å². The predicted octanol–water partition coefficient (Wildman–Crippen LogP) is 3.83. The Morgan fingerprint density at radius 2 is 1.88 bits per heavy atom. The monoisotopic (exact) mass is 446 g/mol. The van der Waals surface area contributed by atoms with Crippen LogP contribution in [0.5, 0.6) is 5.75 Å². The van der Waals surface area contributed by atoms with E-state index in [4.69, 9.17) is 9.63 Å². The van der Waals surface area contributed by atoms with Crippen molar-refractivity contribution in [1.82, 2.24) is 20.6 Å². The fraction of sp³-hybridized carbons (Fsp3) is 0.190. The smallest absolute Gasteiger partial charge is 0.478 e. The minimum absolute atomic E-state index is 0.178. The van der Waals surface area contributed by atoms with Gasteiger partial charge in [0.15, 0.2) is 11.9 Å². The van der Waals surface area contributed by atoms with Gasteiger partial charge in [0.2, 0.25) is 0 Å². The molecule has 4 rings (SSSR count). The van der Waals surface area contributed by atoms with Gasteiger partial charge in [-0.3, -0.25) is 0 Å². The third-order valence-electron chi connectivity index (χ3n) is 4.95. The van der Waals surface area contributed by atoms with Gasteiger partial charge < -0.3 is 19.4 Å². The Morgan fingerprint density at radius 3 is 2.44 bits per heavy atom. The number of hydrogen-bond donors (Lipinski definition) is 2. The van der Waals surface area contributed by atoms with E-state index in [-0.39, 0.29) is 17.2 Å². The molecule has 11 heteroatoms. The number of ether oxygens (including phenoxy) is 1. The number of hydrogen-bond acceptors (Lipinski definition) is 7. The molecule has 1 aromatic heterocycles. The molecule has 0 saturated heterocycles. The van der Waals surface area contributed by atoms with Crippen molar-refractivity contribution < 1.29 is 32.3 Å². The summed E-state index contributed by atoms with van der Waals surface area (Å²) in [5.74, 6) is -1.17. The first-order chi connectivity index (χ1) is 15.2. The van der Waals surface area contributed by atoms with Crippen LogP contribution in [0.2, 0.25) is 0 Å². The highest BCUT2D eigenvalue weighted by molar-refractivity contribution is 5.87. The largest absolute Gasteiger partial charge is 0.573 e. The van der Waals surface area contributed by atoms with Crippen LogP contribution in [0.1, 0.15) is 34.3 Å². The summed E-state index contributed by atoms with van der Waals surface area (Å²) in [5.41, 5.74) is 4.54. The summed E-state index contributed by atoms with van der Waals surface area (Å²) in [6, 6.07) is 11.8. The van der Waals surface area contributed by atoms with Crippen molar-refractivity contribution in [3.8, 4) is 5.75 Å². The van der Waals surface area contributed by atoms with Crippen LogP contribution in [0.3, 0.4) is 0 Å². The molecular formula is C21H17F3N4O4. The number of nitrogens with one attached hydrogen (secondary N) is 1. The standard InChI is InChI=1S/C21H17F3N4O4/c1-13-10-20(19-25-12-26-32-19,16-6-8-17(9-7-16)31-21(22,23)24)27-28(13)11-14-2-4-15(5-3-14)18(29)30/h2-10,12,27H,11H2,1H3,(H,29,30). The number of aromatic carboxylic acids is 1. The second-order valence-electron chi connectivity index (χ2n) is 7.11. The van der Waals surface area contributed by atoms with Crippen molar-refractivity contribution in [1.29, 1.82) is 0 Å². The zero-order valence-electron chi connectivity index (χ0n) is 16.6. The lowest BCUT2D eigenvalue weighted by Crippen LogP contribution is -2.45. The molecular weight excluding hydrogens is 429 g/mol. The van der Waals surface area contributed by atoms with Crippen LogP contribution < -0.4 is 10.2 Å². The summed E-state index contributed by atoms with van der Waals surface area (Å²) >= 11 is 0. The molecule has 0 fully saturated rings. The zero-order chi connectivity index (χ0) is 22.9. The number of aromatic nitrogens is 2. The molecule has 8 nitrogen and oxygen atoms in total. The maximum Gasteiger partial charge on any atom is 0.573 e. The highest BCUT2D eigenvalue weighted by atomic mass is 19.4. The molecule has 0 bridgehead atoms. The van der Waals surface area contributed by atoms with Crippen LogP contribution >= 0.6 is 0 Å². The van der Waals surface area contributed by atoms with Crippen molar-refractivity contribution in [2.75, 3.05) is 0 Å². The van der Waals surface area contributed by atoms with Crippen LogP contribution in [-0.2, 0) is 12.1 Å². The van der Waals surface area contributed by atoms with Gasteiger partial charge >= 0.3 is 12.3 Å². The van der Waals surface area contributed by atoms with Gasteiger partial charge in [-0.15, -0.1) is 13.2 Å². The average Bonchev–Trinajstić information content (AvgIpc) is 3.37. The highest BCUT2D eigenvalue weighted by Crippen LogP contribution is 2.38. The normalized spacial score (nSPS) is 18.5. The summed E-state index contributed by atoms with van der Waals surface area (Å²) in [4.78, 5) is 15.2. The van der Waals surface area contributed by atoms with E-state index in [9.17, 15) is 18.0 Å². The van der Waals surface area contributed by atoms with E-state index in [2.05, 4.69) is 20.3 Å². The van der Waals surface area contributed by atoms with Crippen LogP contribution in [0.15, 0.2) is 71.2 Å². The van der Waals surface area contributed by atoms with Crippen LogP contribution in [0, 0.1) is 0 Å². The molecule has 2 heterocycles. The summed E-state index contributed by atoms with van der Waals surface area (Å²) in [5, 5.41) is 14.5. The Bertz CT molecular complexity index is 1130. The Balaban J connectivity index is 1.62. The van der Waals surface area contributed by atoms with Crippen molar-refractivity contribution in [2.45, 2.75) is 25.4 Å². The van der Waals surface area contributed by atoms with Gasteiger partial charge in [-0.2, -0.15) is 4.98 Å². The van der Waals surface area contributed by atoms with E-state index in [0.29, 0.717) is 12.1 Å². The topological polar surface area (TPSA) is 101 Å². The number of rotatable bonds is 6. The first kappa shape index (κ1) is 21.4. The third-order valence-corrected chi connectivity index (χ3v) is 4.95. The zero-order valence-corrected chi connectivity index (χ0v) is 16.6. The van der Waals surface area contributed by atoms with Crippen molar-refractivity contribution in [3.05, 3.63) is 89.2 Å². The maximum atomic E-state index is 12.5. The molecule has 1 aliphatic heterocycles. The molecule has 0 spiro atoms. The second kappa shape index (κ2) is 8.00. The van der Waals surface area contributed by atoms with E-state index >= 15 is 0 Å². The van der Waals surface area contributed by atoms with Gasteiger partial charge in [-0.05, 0) is 48.4 Å². The molecule has 2 N–H and O–H groups in total. The number of nitrogens with zero attached hydrogens (tertiary/aromatic N) is 3. The molecule has 3 aromatic rings.